The summed E-state index contributed by atoms with van der Waals surface area (Å²) in [5, 5.41) is 7.58. The van der Waals surface area contributed by atoms with Gasteiger partial charge in [-0.3, -0.25) is 0 Å². The van der Waals surface area contributed by atoms with E-state index in [0.29, 0.717) is 0 Å². The molecule has 0 bridgehead atoms. The van der Waals surface area contributed by atoms with Crippen molar-refractivity contribution in [1.82, 2.24) is 10.2 Å². The van der Waals surface area contributed by atoms with Crippen molar-refractivity contribution in [3.63, 3.8) is 0 Å². The number of hydrogen-bond acceptors (Lipinski definition) is 3. The predicted octanol–water partition coefficient (Wildman–Crippen LogP) is 1.57. The normalized spacial score (nSPS) is 10.2. The Morgan fingerprint density at radius 2 is 2.18 bits per heavy atom. The first-order valence-corrected chi connectivity index (χ1v) is 3.64. The van der Waals surface area contributed by atoms with Crippen LogP contribution in [-0.2, 0) is 0 Å². The summed E-state index contributed by atoms with van der Waals surface area (Å²) in [7, 11) is 0. The number of nitrogens with zero attached hydrogens (tertiary/aromatic N) is 2. The summed E-state index contributed by atoms with van der Waals surface area (Å²) in [6.07, 6.45) is 1.81. The van der Waals surface area contributed by atoms with Gasteiger partial charge < -0.3 is 4.74 Å². The molecule has 0 aromatic carbocycles. The smallest absolute Gasteiger partial charge is 0.141 e. The van der Waals surface area contributed by atoms with Gasteiger partial charge >= 0.3 is 0 Å². The van der Waals surface area contributed by atoms with Gasteiger partial charge in [0, 0.05) is 6.07 Å². The van der Waals surface area contributed by atoms with Gasteiger partial charge in [-0.2, -0.15) is 10.2 Å². The third-order valence-electron chi connectivity index (χ3n) is 1.12. The number of rotatable bonds is 2. The van der Waals surface area contributed by atoms with Crippen LogP contribution in [0.1, 0.15) is 19.5 Å². The number of ether oxygens (including phenoxy) is 1. The van der Waals surface area contributed by atoms with Crippen molar-refractivity contribution >= 4 is 0 Å². The van der Waals surface area contributed by atoms with Crippen molar-refractivity contribution in [1.29, 1.82) is 0 Å². The molecule has 0 fully saturated rings. The second kappa shape index (κ2) is 3.32. The predicted molar refractivity (Wildman–Crippen MR) is 42.5 cm³/mol. The van der Waals surface area contributed by atoms with Gasteiger partial charge in [0.1, 0.15) is 5.75 Å². The molecule has 0 saturated carbocycles. The van der Waals surface area contributed by atoms with Crippen LogP contribution < -0.4 is 4.74 Å². The fraction of sp³-hybridized carbons (Fsp3) is 0.500. The van der Waals surface area contributed by atoms with E-state index in [2.05, 4.69) is 10.2 Å². The summed E-state index contributed by atoms with van der Waals surface area (Å²) in [6.45, 7) is 5.85. The molecule has 0 aliphatic heterocycles. The maximum Gasteiger partial charge on any atom is 0.141 e. The molecule has 0 radical (unpaired) electrons. The highest BCUT2D eigenvalue weighted by Crippen LogP contribution is 2.09. The van der Waals surface area contributed by atoms with Crippen LogP contribution >= 0.6 is 0 Å². The molecule has 0 aliphatic rings. The van der Waals surface area contributed by atoms with E-state index in [1.54, 1.807) is 6.20 Å². The maximum absolute atomic E-state index is 5.39. The van der Waals surface area contributed by atoms with Crippen molar-refractivity contribution in [2.24, 2.45) is 0 Å². The van der Waals surface area contributed by atoms with Crippen LogP contribution in [0, 0.1) is 6.92 Å². The molecule has 0 amide bonds. The van der Waals surface area contributed by atoms with E-state index in [1.807, 2.05) is 26.8 Å². The summed E-state index contributed by atoms with van der Waals surface area (Å²) >= 11 is 0. The maximum atomic E-state index is 5.39. The molecule has 3 heteroatoms. The van der Waals surface area contributed by atoms with E-state index in [0.717, 1.165) is 11.4 Å². The van der Waals surface area contributed by atoms with Gasteiger partial charge in [0.05, 0.1) is 18.0 Å². The van der Waals surface area contributed by atoms with Crippen molar-refractivity contribution in [3.05, 3.63) is 18.0 Å². The summed E-state index contributed by atoms with van der Waals surface area (Å²) in [5.74, 6) is 0.785. The van der Waals surface area contributed by atoms with E-state index in [9.17, 15) is 0 Å². The number of aryl methyl sites for hydroxylation is 1. The number of aromatic nitrogens is 2. The van der Waals surface area contributed by atoms with Crippen LogP contribution in [0.25, 0.3) is 0 Å². The highest BCUT2D eigenvalue weighted by molar-refractivity contribution is 5.18. The molecule has 1 aromatic rings. The van der Waals surface area contributed by atoms with Gasteiger partial charge in [-0.1, -0.05) is 0 Å². The molecule has 0 atom stereocenters. The number of hydrogen-bond donors (Lipinski definition) is 0. The van der Waals surface area contributed by atoms with Crippen molar-refractivity contribution in [3.8, 4) is 5.75 Å². The van der Waals surface area contributed by atoms with E-state index >= 15 is 0 Å². The van der Waals surface area contributed by atoms with Crippen LogP contribution in [0.15, 0.2) is 12.3 Å². The molecule has 1 aromatic heterocycles. The molecule has 3 nitrogen and oxygen atoms in total. The molecule has 0 spiro atoms. The van der Waals surface area contributed by atoms with Crippen LogP contribution in [0.5, 0.6) is 5.75 Å². The van der Waals surface area contributed by atoms with Crippen LogP contribution in [0.2, 0.25) is 0 Å². The summed E-state index contributed by atoms with van der Waals surface area (Å²) in [4.78, 5) is 0. The van der Waals surface area contributed by atoms with Gasteiger partial charge in [-0.05, 0) is 20.8 Å². The fourth-order valence-corrected chi connectivity index (χ4v) is 0.785. The Morgan fingerprint density at radius 1 is 1.45 bits per heavy atom. The van der Waals surface area contributed by atoms with E-state index < -0.39 is 0 Å². The molecule has 0 unspecified atom stereocenters. The quantitative estimate of drug-likeness (QED) is 0.645. The molecule has 60 valence electrons. The molecule has 1 rings (SSSR count). The molecule has 0 saturated heterocycles. The highest BCUT2D eigenvalue weighted by Gasteiger charge is 1.97. The monoisotopic (exact) mass is 152 g/mol. The fourth-order valence-electron chi connectivity index (χ4n) is 0.785. The van der Waals surface area contributed by atoms with Crippen molar-refractivity contribution in [2.45, 2.75) is 26.9 Å². The lowest BCUT2D eigenvalue weighted by Gasteiger charge is -2.08. The molecule has 0 N–H and O–H groups in total. The van der Waals surface area contributed by atoms with Gasteiger partial charge in [0.15, 0.2) is 0 Å². The summed E-state index contributed by atoms with van der Waals surface area (Å²) < 4.78 is 5.39. The third kappa shape index (κ3) is 2.53. The zero-order valence-corrected chi connectivity index (χ0v) is 7.03. The Kier molecular flexibility index (Phi) is 2.41. The Bertz CT molecular complexity index is 235. The van der Waals surface area contributed by atoms with Gasteiger partial charge in [-0.25, -0.2) is 0 Å². The SMILES string of the molecule is Cc1cc(OC(C)C)cnn1. The first kappa shape index (κ1) is 7.98. The van der Waals surface area contributed by atoms with Gasteiger partial charge in [0.25, 0.3) is 0 Å². The van der Waals surface area contributed by atoms with Crippen LogP contribution in [-0.4, -0.2) is 16.3 Å². The minimum Gasteiger partial charge on any atom is -0.489 e. The van der Waals surface area contributed by atoms with Gasteiger partial charge in [-0.15, -0.1) is 0 Å². The van der Waals surface area contributed by atoms with Crippen LogP contribution in [0.3, 0.4) is 0 Å². The van der Waals surface area contributed by atoms with E-state index in [1.165, 1.54) is 0 Å². The Morgan fingerprint density at radius 3 is 2.73 bits per heavy atom. The second-order valence-electron chi connectivity index (χ2n) is 2.70. The molecular weight excluding hydrogens is 140 g/mol. The molecule has 1 heterocycles. The van der Waals surface area contributed by atoms with E-state index in [4.69, 9.17) is 4.74 Å². The first-order chi connectivity index (χ1) is 5.18. The van der Waals surface area contributed by atoms with Crippen molar-refractivity contribution in [2.75, 3.05) is 0 Å². The average molecular weight is 152 g/mol. The first-order valence-electron chi connectivity index (χ1n) is 3.64. The van der Waals surface area contributed by atoms with Crippen molar-refractivity contribution < 1.29 is 4.74 Å². The third-order valence-corrected chi connectivity index (χ3v) is 1.12. The average Bonchev–Trinajstić information content (AvgIpc) is 1.85. The molecule has 0 aliphatic carbocycles. The zero-order valence-electron chi connectivity index (χ0n) is 7.03. The minimum atomic E-state index is 0.193. The zero-order chi connectivity index (χ0) is 8.27. The lowest BCUT2D eigenvalue weighted by molar-refractivity contribution is 0.241. The highest BCUT2D eigenvalue weighted by atomic mass is 16.5. The Hall–Kier alpha value is -1.12. The Labute approximate surface area is 66.4 Å². The topological polar surface area (TPSA) is 35.0 Å². The van der Waals surface area contributed by atoms with Gasteiger partial charge in [0.2, 0.25) is 0 Å². The molecular formula is C8H12N2O. The summed E-state index contributed by atoms with van der Waals surface area (Å²) in [6, 6.07) is 1.87. The lowest BCUT2D eigenvalue weighted by atomic mass is 10.4. The van der Waals surface area contributed by atoms with Crippen LogP contribution in [0.4, 0.5) is 0 Å². The molecule has 11 heavy (non-hydrogen) atoms. The Balaban J connectivity index is 2.71. The lowest BCUT2D eigenvalue weighted by Crippen LogP contribution is -2.06. The largest absolute Gasteiger partial charge is 0.489 e. The minimum absolute atomic E-state index is 0.193. The summed E-state index contributed by atoms with van der Waals surface area (Å²) in [5.41, 5.74) is 0.878. The van der Waals surface area contributed by atoms with E-state index in [-0.39, 0.29) is 6.10 Å². The standard InChI is InChI=1S/C8H12N2O/c1-6(2)11-8-4-7(3)10-9-5-8/h4-6H,1-3H3. The second-order valence-corrected chi connectivity index (χ2v) is 2.70.